The van der Waals surface area contributed by atoms with Crippen LogP contribution in [-0.2, 0) is 0 Å². The summed E-state index contributed by atoms with van der Waals surface area (Å²) < 4.78 is 0. The fraction of sp³-hybridized carbons (Fsp3) is 0.571. The number of aryl methyl sites for hydroxylation is 1. The van der Waals surface area contributed by atoms with Gasteiger partial charge < -0.3 is 20.3 Å². The Morgan fingerprint density at radius 2 is 1.95 bits per heavy atom. The molecule has 1 rings (SSSR count). The molecule has 0 saturated carbocycles. The van der Waals surface area contributed by atoms with Crippen molar-refractivity contribution in [1.29, 1.82) is 0 Å². The number of carbonyl (C=O) groups is 2. The van der Waals surface area contributed by atoms with Gasteiger partial charge in [-0.15, -0.1) is 0 Å². The minimum absolute atomic E-state index is 0.00679. The zero-order chi connectivity index (χ0) is 15.7. The molecule has 3 N–H and O–H groups in total. The Morgan fingerprint density at radius 1 is 1.40 bits per heavy atom. The SMILES string of the molecule is Cc1cc(NC(=O)N(C)C(C)C(C)(C)C)c(C(=O)O)[nH]1. The van der Waals surface area contributed by atoms with Crippen LogP contribution in [-0.4, -0.2) is 40.1 Å². The van der Waals surface area contributed by atoms with Crippen molar-refractivity contribution in [3.05, 3.63) is 17.5 Å². The summed E-state index contributed by atoms with van der Waals surface area (Å²) in [5, 5.41) is 11.7. The second-order valence-electron chi connectivity index (χ2n) is 6.13. The Bertz CT molecular complexity index is 514. The number of H-pyrrole nitrogens is 1. The van der Waals surface area contributed by atoms with Gasteiger partial charge in [0.25, 0.3) is 0 Å². The standard InChI is InChI=1S/C14H23N3O3/c1-8-7-10(11(15-8)12(18)19)16-13(20)17(6)9(2)14(3,4)5/h7,9,15H,1-6H3,(H,16,20)(H,18,19). The molecule has 0 bridgehead atoms. The lowest BCUT2D eigenvalue weighted by atomic mass is 9.87. The summed E-state index contributed by atoms with van der Waals surface area (Å²) in [5.74, 6) is -1.10. The fourth-order valence-corrected chi connectivity index (χ4v) is 1.82. The molecule has 0 aliphatic heterocycles. The number of aromatic nitrogens is 1. The maximum atomic E-state index is 12.2. The van der Waals surface area contributed by atoms with Gasteiger partial charge in [-0.05, 0) is 25.3 Å². The van der Waals surface area contributed by atoms with E-state index in [9.17, 15) is 9.59 Å². The molecular formula is C14H23N3O3. The first-order chi connectivity index (χ1) is 9.04. The highest BCUT2D eigenvalue weighted by atomic mass is 16.4. The van der Waals surface area contributed by atoms with Crippen molar-refractivity contribution in [2.24, 2.45) is 5.41 Å². The first-order valence-electron chi connectivity index (χ1n) is 6.50. The van der Waals surface area contributed by atoms with Crippen molar-refractivity contribution in [3.63, 3.8) is 0 Å². The Labute approximate surface area is 119 Å². The number of aromatic carboxylic acids is 1. The van der Waals surface area contributed by atoms with Crippen LogP contribution in [0.1, 0.15) is 43.9 Å². The lowest BCUT2D eigenvalue weighted by Gasteiger charge is -2.35. The van der Waals surface area contributed by atoms with E-state index in [0.717, 1.165) is 0 Å². The Hall–Kier alpha value is -1.98. The third kappa shape index (κ3) is 3.53. The molecule has 0 spiro atoms. The van der Waals surface area contributed by atoms with Gasteiger partial charge in [0, 0.05) is 18.8 Å². The molecule has 0 radical (unpaired) electrons. The normalized spacial score (nSPS) is 12.9. The second-order valence-corrected chi connectivity index (χ2v) is 6.13. The molecule has 6 heteroatoms. The maximum absolute atomic E-state index is 12.2. The van der Waals surface area contributed by atoms with Gasteiger partial charge in [0.05, 0.1) is 5.69 Å². The van der Waals surface area contributed by atoms with Crippen LogP contribution in [0, 0.1) is 12.3 Å². The van der Waals surface area contributed by atoms with Crippen molar-refractivity contribution in [3.8, 4) is 0 Å². The monoisotopic (exact) mass is 281 g/mol. The first kappa shape index (κ1) is 16.1. The number of nitrogens with one attached hydrogen (secondary N) is 2. The van der Waals surface area contributed by atoms with Crippen LogP contribution in [0.25, 0.3) is 0 Å². The number of urea groups is 1. The first-order valence-corrected chi connectivity index (χ1v) is 6.50. The minimum atomic E-state index is -1.10. The lowest BCUT2D eigenvalue weighted by Crippen LogP contribution is -2.45. The van der Waals surface area contributed by atoms with E-state index < -0.39 is 5.97 Å². The van der Waals surface area contributed by atoms with Crippen LogP contribution in [0.2, 0.25) is 0 Å². The van der Waals surface area contributed by atoms with Crippen LogP contribution in [0.15, 0.2) is 6.07 Å². The van der Waals surface area contributed by atoms with E-state index in [0.29, 0.717) is 5.69 Å². The number of anilines is 1. The molecule has 0 fully saturated rings. The summed E-state index contributed by atoms with van der Waals surface area (Å²) in [4.78, 5) is 27.6. The van der Waals surface area contributed by atoms with Crippen molar-refractivity contribution in [2.75, 3.05) is 12.4 Å². The summed E-state index contributed by atoms with van der Waals surface area (Å²) in [7, 11) is 1.70. The van der Waals surface area contributed by atoms with E-state index in [1.165, 1.54) is 0 Å². The predicted octanol–water partition coefficient (Wildman–Crippen LogP) is 2.92. The molecular weight excluding hydrogens is 258 g/mol. The van der Waals surface area contributed by atoms with E-state index >= 15 is 0 Å². The number of amides is 2. The van der Waals surface area contributed by atoms with Gasteiger partial charge in [-0.3, -0.25) is 0 Å². The number of carbonyl (C=O) groups excluding carboxylic acids is 1. The maximum Gasteiger partial charge on any atom is 0.354 e. The van der Waals surface area contributed by atoms with Crippen LogP contribution >= 0.6 is 0 Å². The van der Waals surface area contributed by atoms with E-state index in [1.807, 2.05) is 27.7 Å². The molecule has 1 aromatic heterocycles. The molecule has 112 valence electrons. The number of nitrogens with zero attached hydrogens (tertiary/aromatic N) is 1. The molecule has 0 saturated heterocycles. The number of hydrogen-bond donors (Lipinski definition) is 3. The highest BCUT2D eigenvalue weighted by molar-refractivity contribution is 5.99. The van der Waals surface area contributed by atoms with Crippen molar-refractivity contribution < 1.29 is 14.7 Å². The van der Waals surface area contributed by atoms with Crippen LogP contribution < -0.4 is 5.32 Å². The van der Waals surface area contributed by atoms with Crippen LogP contribution in [0.4, 0.5) is 10.5 Å². The third-order valence-corrected chi connectivity index (χ3v) is 3.56. The summed E-state index contributed by atoms with van der Waals surface area (Å²) in [6, 6.07) is 1.29. The topological polar surface area (TPSA) is 85.4 Å². The van der Waals surface area contributed by atoms with Crippen LogP contribution in [0.5, 0.6) is 0 Å². The van der Waals surface area contributed by atoms with E-state index in [-0.39, 0.29) is 28.9 Å². The molecule has 0 aromatic carbocycles. The molecule has 2 amide bonds. The quantitative estimate of drug-likeness (QED) is 0.796. The van der Waals surface area contributed by atoms with Gasteiger partial charge in [0.2, 0.25) is 0 Å². The number of aromatic amines is 1. The van der Waals surface area contributed by atoms with Crippen molar-refractivity contribution in [1.82, 2.24) is 9.88 Å². The molecule has 1 heterocycles. The van der Waals surface area contributed by atoms with Gasteiger partial charge in [0.1, 0.15) is 5.69 Å². The Kier molecular flexibility index (Phi) is 4.47. The van der Waals surface area contributed by atoms with Gasteiger partial charge >= 0.3 is 12.0 Å². The zero-order valence-corrected chi connectivity index (χ0v) is 12.9. The van der Waals surface area contributed by atoms with Crippen molar-refractivity contribution >= 4 is 17.7 Å². The average Bonchev–Trinajstić information content (AvgIpc) is 2.67. The van der Waals surface area contributed by atoms with Crippen molar-refractivity contribution in [2.45, 2.75) is 40.7 Å². The minimum Gasteiger partial charge on any atom is -0.477 e. The number of rotatable bonds is 3. The van der Waals surface area contributed by atoms with Gasteiger partial charge in [-0.2, -0.15) is 0 Å². The van der Waals surface area contributed by atoms with Crippen LogP contribution in [0.3, 0.4) is 0 Å². The number of carboxylic acids is 1. The molecule has 1 unspecified atom stereocenters. The van der Waals surface area contributed by atoms with Gasteiger partial charge in [-0.25, -0.2) is 9.59 Å². The highest BCUT2D eigenvalue weighted by Gasteiger charge is 2.27. The summed E-state index contributed by atoms with van der Waals surface area (Å²) >= 11 is 0. The van der Waals surface area contributed by atoms with E-state index in [4.69, 9.17) is 5.11 Å². The molecule has 1 atom stereocenters. The molecule has 20 heavy (non-hydrogen) atoms. The number of hydrogen-bond acceptors (Lipinski definition) is 2. The molecule has 6 nitrogen and oxygen atoms in total. The Balaban J connectivity index is 2.89. The summed E-state index contributed by atoms with van der Waals surface area (Å²) in [5.41, 5.74) is 0.903. The largest absolute Gasteiger partial charge is 0.477 e. The molecule has 0 aliphatic carbocycles. The summed E-state index contributed by atoms with van der Waals surface area (Å²) in [6.45, 7) is 9.84. The van der Waals surface area contributed by atoms with E-state index in [1.54, 1.807) is 24.9 Å². The Morgan fingerprint density at radius 3 is 2.40 bits per heavy atom. The van der Waals surface area contributed by atoms with E-state index in [2.05, 4.69) is 10.3 Å². The predicted molar refractivity (Wildman–Crippen MR) is 78.2 cm³/mol. The zero-order valence-electron chi connectivity index (χ0n) is 12.9. The second kappa shape index (κ2) is 5.56. The van der Waals surface area contributed by atoms with Gasteiger partial charge in [-0.1, -0.05) is 20.8 Å². The summed E-state index contributed by atoms with van der Waals surface area (Å²) in [6.07, 6.45) is 0. The lowest BCUT2D eigenvalue weighted by molar-refractivity contribution is 0.0692. The van der Waals surface area contributed by atoms with Gasteiger partial charge in [0.15, 0.2) is 0 Å². The molecule has 0 aliphatic rings. The number of carboxylic acid groups (broad SMARTS) is 1. The highest BCUT2D eigenvalue weighted by Crippen LogP contribution is 2.24. The average molecular weight is 281 g/mol. The smallest absolute Gasteiger partial charge is 0.354 e. The molecule has 1 aromatic rings. The third-order valence-electron chi connectivity index (χ3n) is 3.56. The fourth-order valence-electron chi connectivity index (χ4n) is 1.82.